The fraction of sp³-hybridized carbons (Fsp3) is 0.188. The molecule has 110 valence electrons. The van der Waals surface area contributed by atoms with Crippen molar-refractivity contribution in [2.75, 3.05) is 7.11 Å². The molecule has 2 atom stereocenters. The lowest BCUT2D eigenvalue weighted by molar-refractivity contribution is -0.160. The second-order valence-electron chi connectivity index (χ2n) is 4.65. The summed E-state index contributed by atoms with van der Waals surface area (Å²) in [4.78, 5) is 11.6. The fourth-order valence-corrected chi connectivity index (χ4v) is 2.46. The van der Waals surface area contributed by atoms with Gasteiger partial charge >= 0.3 is 5.97 Å². The standard InChI is InChI=1S/C16H12N2O4/c1-22-13-7-11(8-17)14(10-5-3-2-4-6-10)12(9-18)16(13,21)15(19)20/h2-7,12,21H,1H3,(H,19,20). The molecule has 6 heteroatoms. The summed E-state index contributed by atoms with van der Waals surface area (Å²) in [5.74, 6) is -3.43. The Morgan fingerprint density at radius 3 is 2.41 bits per heavy atom. The highest BCUT2D eigenvalue weighted by atomic mass is 16.5. The van der Waals surface area contributed by atoms with E-state index in [0.29, 0.717) is 5.56 Å². The van der Waals surface area contributed by atoms with Gasteiger partial charge in [-0.05, 0) is 17.2 Å². The van der Waals surface area contributed by atoms with Gasteiger partial charge in [0.25, 0.3) is 0 Å². The molecule has 2 rings (SSSR count). The van der Waals surface area contributed by atoms with Crippen LogP contribution >= 0.6 is 0 Å². The number of methoxy groups -OCH3 is 1. The number of rotatable bonds is 3. The van der Waals surface area contributed by atoms with Crippen molar-refractivity contribution in [3.8, 4) is 12.1 Å². The van der Waals surface area contributed by atoms with Gasteiger partial charge in [0, 0.05) is 0 Å². The highest BCUT2D eigenvalue weighted by Crippen LogP contribution is 2.43. The number of aliphatic hydroxyl groups is 1. The van der Waals surface area contributed by atoms with Crippen LogP contribution in [0.1, 0.15) is 5.56 Å². The van der Waals surface area contributed by atoms with Gasteiger partial charge in [-0.25, -0.2) is 4.79 Å². The number of aliphatic carboxylic acids is 1. The van der Waals surface area contributed by atoms with E-state index in [1.165, 1.54) is 7.11 Å². The molecule has 0 bridgehead atoms. The van der Waals surface area contributed by atoms with Crippen LogP contribution in [-0.2, 0) is 9.53 Å². The Morgan fingerprint density at radius 1 is 1.32 bits per heavy atom. The van der Waals surface area contributed by atoms with E-state index in [1.54, 1.807) is 36.4 Å². The summed E-state index contributed by atoms with van der Waals surface area (Å²) < 4.78 is 4.91. The number of nitrogens with zero attached hydrogens (tertiary/aromatic N) is 2. The predicted molar refractivity (Wildman–Crippen MR) is 75.8 cm³/mol. The van der Waals surface area contributed by atoms with Crippen molar-refractivity contribution in [1.29, 1.82) is 10.5 Å². The second kappa shape index (κ2) is 5.72. The molecule has 0 spiro atoms. The highest BCUT2D eigenvalue weighted by molar-refractivity contribution is 5.91. The van der Waals surface area contributed by atoms with Crippen LogP contribution in [0.25, 0.3) is 5.57 Å². The van der Waals surface area contributed by atoms with Crippen molar-refractivity contribution in [2.45, 2.75) is 5.60 Å². The largest absolute Gasteiger partial charge is 0.497 e. The fourth-order valence-electron chi connectivity index (χ4n) is 2.46. The average Bonchev–Trinajstić information content (AvgIpc) is 2.54. The molecule has 22 heavy (non-hydrogen) atoms. The number of carboxylic acid groups (broad SMARTS) is 1. The maximum atomic E-state index is 11.6. The Labute approximate surface area is 126 Å². The lowest BCUT2D eigenvalue weighted by atomic mass is 9.73. The molecule has 1 aromatic rings. The minimum atomic E-state index is -2.55. The van der Waals surface area contributed by atoms with Crippen molar-refractivity contribution in [3.05, 3.63) is 53.3 Å². The summed E-state index contributed by atoms with van der Waals surface area (Å²) in [6, 6.07) is 12.1. The van der Waals surface area contributed by atoms with Crippen LogP contribution in [0.15, 0.2) is 47.7 Å². The number of allylic oxidation sites excluding steroid dienone is 2. The van der Waals surface area contributed by atoms with E-state index >= 15 is 0 Å². The van der Waals surface area contributed by atoms with E-state index in [0.717, 1.165) is 6.08 Å². The van der Waals surface area contributed by atoms with Gasteiger partial charge in [-0.3, -0.25) is 0 Å². The van der Waals surface area contributed by atoms with Gasteiger partial charge in [0.05, 0.1) is 24.8 Å². The Morgan fingerprint density at radius 2 is 1.95 bits per heavy atom. The topological polar surface area (TPSA) is 114 Å². The quantitative estimate of drug-likeness (QED) is 0.872. The number of carboxylic acids is 1. The SMILES string of the molecule is COC1=CC(C#N)=C(c2ccccc2)C(C#N)C1(O)C(=O)O. The molecule has 1 aromatic carbocycles. The molecular weight excluding hydrogens is 284 g/mol. The third-order valence-corrected chi connectivity index (χ3v) is 3.53. The Hall–Kier alpha value is -3.09. The summed E-state index contributed by atoms with van der Waals surface area (Å²) in [6.07, 6.45) is 1.16. The van der Waals surface area contributed by atoms with Crippen LogP contribution < -0.4 is 0 Å². The summed E-state index contributed by atoms with van der Waals surface area (Å²) >= 11 is 0. The van der Waals surface area contributed by atoms with Gasteiger partial charge in [-0.1, -0.05) is 30.3 Å². The molecule has 0 radical (unpaired) electrons. The monoisotopic (exact) mass is 296 g/mol. The normalized spacial score (nSPS) is 24.0. The van der Waals surface area contributed by atoms with Crippen LogP contribution in [-0.4, -0.2) is 28.9 Å². The van der Waals surface area contributed by atoms with Crippen LogP contribution in [0.3, 0.4) is 0 Å². The molecule has 1 aliphatic carbocycles. The van der Waals surface area contributed by atoms with E-state index in [9.17, 15) is 25.5 Å². The summed E-state index contributed by atoms with van der Waals surface area (Å²) in [5.41, 5.74) is -1.80. The first-order valence-electron chi connectivity index (χ1n) is 6.31. The average molecular weight is 296 g/mol. The van der Waals surface area contributed by atoms with E-state index in [4.69, 9.17) is 4.74 Å². The number of nitriles is 2. The number of hydrogen-bond donors (Lipinski definition) is 2. The van der Waals surface area contributed by atoms with Crippen molar-refractivity contribution >= 4 is 11.5 Å². The van der Waals surface area contributed by atoms with Crippen LogP contribution in [0.2, 0.25) is 0 Å². The van der Waals surface area contributed by atoms with Gasteiger partial charge in [-0.15, -0.1) is 0 Å². The van der Waals surface area contributed by atoms with Gasteiger partial charge in [0.1, 0.15) is 11.7 Å². The zero-order chi connectivity index (χ0) is 16.3. The molecule has 0 heterocycles. The molecule has 0 saturated carbocycles. The van der Waals surface area contributed by atoms with Gasteiger partial charge < -0.3 is 14.9 Å². The van der Waals surface area contributed by atoms with E-state index in [-0.39, 0.29) is 16.9 Å². The van der Waals surface area contributed by atoms with Crippen molar-refractivity contribution in [3.63, 3.8) is 0 Å². The van der Waals surface area contributed by atoms with Crippen LogP contribution in [0.4, 0.5) is 0 Å². The first-order valence-corrected chi connectivity index (χ1v) is 6.31. The summed E-state index contributed by atoms with van der Waals surface area (Å²) in [5, 5.41) is 38.7. The van der Waals surface area contributed by atoms with Crippen LogP contribution in [0.5, 0.6) is 0 Å². The molecular formula is C16H12N2O4. The zero-order valence-electron chi connectivity index (χ0n) is 11.6. The Balaban J connectivity index is 2.80. The number of benzene rings is 1. The first-order chi connectivity index (χ1) is 10.5. The third kappa shape index (κ3) is 2.12. The van der Waals surface area contributed by atoms with Crippen molar-refractivity contribution < 1.29 is 19.7 Å². The van der Waals surface area contributed by atoms with Gasteiger partial charge in [-0.2, -0.15) is 10.5 Å². The third-order valence-electron chi connectivity index (χ3n) is 3.53. The number of carbonyl (C=O) groups is 1. The number of ether oxygens (including phenoxy) is 1. The maximum absolute atomic E-state index is 11.6. The smallest absolute Gasteiger partial charge is 0.345 e. The summed E-state index contributed by atoms with van der Waals surface area (Å²) in [7, 11) is 1.18. The predicted octanol–water partition coefficient (Wildman–Crippen LogP) is 1.46. The van der Waals surface area contributed by atoms with Crippen molar-refractivity contribution in [1.82, 2.24) is 0 Å². The molecule has 1 aliphatic rings. The maximum Gasteiger partial charge on any atom is 0.345 e. The molecule has 6 nitrogen and oxygen atoms in total. The minimum Gasteiger partial charge on any atom is -0.497 e. The first kappa shape index (κ1) is 15.3. The Bertz CT molecular complexity index is 753. The van der Waals surface area contributed by atoms with Gasteiger partial charge in [0.15, 0.2) is 0 Å². The molecule has 0 saturated heterocycles. The Kier molecular flexibility index (Phi) is 3.98. The molecule has 2 N–H and O–H groups in total. The van der Waals surface area contributed by atoms with Crippen molar-refractivity contribution in [2.24, 2.45) is 5.92 Å². The summed E-state index contributed by atoms with van der Waals surface area (Å²) in [6.45, 7) is 0. The van der Waals surface area contributed by atoms with E-state index in [1.807, 2.05) is 6.07 Å². The molecule has 0 aliphatic heterocycles. The van der Waals surface area contributed by atoms with Crippen LogP contribution in [0, 0.1) is 28.6 Å². The molecule has 0 fully saturated rings. The highest BCUT2D eigenvalue weighted by Gasteiger charge is 2.54. The minimum absolute atomic E-state index is 0.0838. The second-order valence-corrected chi connectivity index (χ2v) is 4.65. The molecule has 0 aromatic heterocycles. The zero-order valence-corrected chi connectivity index (χ0v) is 11.6. The number of hydrogen-bond acceptors (Lipinski definition) is 5. The van der Waals surface area contributed by atoms with E-state index in [2.05, 4.69) is 0 Å². The molecule has 0 amide bonds. The lowest BCUT2D eigenvalue weighted by Crippen LogP contribution is -2.49. The van der Waals surface area contributed by atoms with Gasteiger partial charge in [0.2, 0.25) is 5.60 Å². The van der Waals surface area contributed by atoms with E-state index < -0.39 is 17.5 Å². The lowest BCUT2D eigenvalue weighted by Gasteiger charge is -2.34. The molecule has 2 unspecified atom stereocenters.